The van der Waals surface area contributed by atoms with E-state index in [2.05, 4.69) is 5.32 Å². The van der Waals surface area contributed by atoms with Crippen molar-refractivity contribution in [2.75, 3.05) is 19.9 Å². The Kier molecular flexibility index (Phi) is 6.76. The first-order valence-corrected chi connectivity index (χ1v) is 10.1. The Balaban J connectivity index is 1.83. The molecule has 0 heterocycles. The molecule has 6 nitrogen and oxygen atoms in total. The molecule has 2 aromatic rings. The number of benzene rings is 2. The maximum absolute atomic E-state index is 12.0. The van der Waals surface area contributed by atoms with Crippen LogP contribution in [0, 0.1) is 0 Å². The first-order valence-electron chi connectivity index (χ1n) is 8.23. The van der Waals surface area contributed by atoms with Crippen molar-refractivity contribution < 1.29 is 17.9 Å². The van der Waals surface area contributed by atoms with E-state index in [1.165, 1.54) is 17.6 Å². The van der Waals surface area contributed by atoms with Gasteiger partial charge in [0.05, 0.1) is 12.3 Å². The van der Waals surface area contributed by atoms with Crippen molar-refractivity contribution in [1.82, 2.24) is 9.62 Å². The second-order valence-electron chi connectivity index (χ2n) is 6.15. The Morgan fingerprint density at radius 2 is 1.73 bits per heavy atom. The van der Waals surface area contributed by atoms with Crippen molar-refractivity contribution in [3.05, 3.63) is 65.7 Å². The lowest BCUT2D eigenvalue weighted by atomic mass is 10.1. The number of nitrogens with one attached hydrogen (secondary N) is 1. The van der Waals surface area contributed by atoms with Crippen LogP contribution in [-0.2, 0) is 21.4 Å². The highest BCUT2D eigenvalue weighted by Gasteiger charge is 2.12. The first kappa shape index (κ1) is 19.9. The van der Waals surface area contributed by atoms with Crippen LogP contribution in [-0.4, -0.2) is 38.5 Å². The quantitative estimate of drug-likeness (QED) is 0.767. The topological polar surface area (TPSA) is 75.7 Å². The van der Waals surface area contributed by atoms with Crippen molar-refractivity contribution >= 4 is 15.9 Å². The molecule has 0 fully saturated rings. The molecule has 0 bridgehead atoms. The number of ether oxygens (including phenoxy) is 1. The molecule has 0 radical (unpaired) electrons. The number of rotatable bonds is 8. The van der Waals surface area contributed by atoms with Crippen LogP contribution in [0.4, 0.5) is 0 Å². The molecule has 0 saturated heterocycles. The van der Waals surface area contributed by atoms with Gasteiger partial charge in [-0.1, -0.05) is 42.5 Å². The summed E-state index contributed by atoms with van der Waals surface area (Å²) in [6, 6.07) is 16.6. The zero-order valence-corrected chi connectivity index (χ0v) is 16.0. The van der Waals surface area contributed by atoms with E-state index in [1.807, 2.05) is 37.3 Å². The van der Waals surface area contributed by atoms with Gasteiger partial charge in [-0.3, -0.25) is 4.79 Å². The third-order valence-corrected chi connectivity index (χ3v) is 5.20. The van der Waals surface area contributed by atoms with Gasteiger partial charge < -0.3 is 10.1 Å². The maximum atomic E-state index is 12.0. The second kappa shape index (κ2) is 8.82. The van der Waals surface area contributed by atoms with Crippen molar-refractivity contribution in [3.63, 3.8) is 0 Å². The van der Waals surface area contributed by atoms with E-state index in [1.54, 1.807) is 24.3 Å². The molecule has 2 rings (SSSR count). The Hall–Kier alpha value is -2.38. The van der Waals surface area contributed by atoms with Gasteiger partial charge >= 0.3 is 0 Å². The zero-order chi connectivity index (χ0) is 19.2. The average Bonchev–Trinajstić information content (AvgIpc) is 2.61. The lowest BCUT2D eigenvalue weighted by molar-refractivity contribution is -0.123. The molecular weight excluding hydrogens is 352 g/mol. The van der Waals surface area contributed by atoms with E-state index in [0.29, 0.717) is 5.75 Å². The van der Waals surface area contributed by atoms with E-state index in [0.717, 1.165) is 11.1 Å². The Labute approximate surface area is 154 Å². The number of carbonyl (C=O) groups excluding carboxylic acids is 1. The Bertz CT molecular complexity index is 820. The minimum absolute atomic E-state index is 0.0836. The molecule has 0 saturated carbocycles. The smallest absolute Gasteiger partial charge is 0.258 e. The summed E-state index contributed by atoms with van der Waals surface area (Å²) >= 11 is 0. The molecule has 0 aliphatic carbocycles. The van der Waals surface area contributed by atoms with E-state index in [9.17, 15) is 13.2 Å². The van der Waals surface area contributed by atoms with E-state index >= 15 is 0 Å². The third kappa shape index (κ3) is 6.16. The molecule has 26 heavy (non-hydrogen) atoms. The van der Waals surface area contributed by atoms with Crippen molar-refractivity contribution in [2.45, 2.75) is 19.5 Å². The van der Waals surface area contributed by atoms with Gasteiger partial charge in [0.1, 0.15) is 5.75 Å². The molecule has 1 N–H and O–H groups in total. The molecule has 1 atom stereocenters. The largest absolute Gasteiger partial charge is 0.484 e. The highest BCUT2D eigenvalue weighted by molar-refractivity contribution is 7.88. The van der Waals surface area contributed by atoms with Gasteiger partial charge in [0.25, 0.3) is 5.91 Å². The molecule has 0 aliphatic rings. The lowest BCUT2D eigenvalue weighted by Crippen LogP contribution is -2.31. The SMILES string of the molecule is CC(NC(=O)COc1ccc(CN(C)S(C)(=O)=O)cc1)c1ccccc1. The summed E-state index contributed by atoms with van der Waals surface area (Å²) < 4.78 is 29.6. The summed E-state index contributed by atoms with van der Waals surface area (Å²) in [4.78, 5) is 12.0. The maximum Gasteiger partial charge on any atom is 0.258 e. The highest BCUT2D eigenvalue weighted by Crippen LogP contribution is 2.15. The standard InChI is InChI=1S/C19H24N2O4S/c1-15(17-7-5-4-6-8-17)20-19(22)14-25-18-11-9-16(10-12-18)13-21(2)26(3,23)24/h4-12,15H,13-14H2,1-3H3,(H,20,22). The number of hydrogen-bond donors (Lipinski definition) is 1. The number of sulfonamides is 1. The van der Waals surface area contributed by atoms with Crippen LogP contribution in [0.15, 0.2) is 54.6 Å². The number of nitrogens with zero attached hydrogens (tertiary/aromatic N) is 1. The van der Waals surface area contributed by atoms with Gasteiger partial charge in [0.15, 0.2) is 6.61 Å². The summed E-state index contributed by atoms with van der Waals surface area (Å²) in [5.41, 5.74) is 1.87. The van der Waals surface area contributed by atoms with Crippen molar-refractivity contribution in [3.8, 4) is 5.75 Å². The molecule has 0 spiro atoms. The van der Waals surface area contributed by atoms with E-state index < -0.39 is 10.0 Å². The van der Waals surface area contributed by atoms with Crippen molar-refractivity contribution in [2.24, 2.45) is 0 Å². The average molecular weight is 376 g/mol. The summed E-state index contributed by atoms with van der Waals surface area (Å²) in [6.45, 7) is 2.12. The highest BCUT2D eigenvalue weighted by atomic mass is 32.2. The van der Waals surface area contributed by atoms with E-state index in [-0.39, 0.29) is 25.1 Å². The monoisotopic (exact) mass is 376 g/mol. The fourth-order valence-electron chi connectivity index (χ4n) is 2.32. The van der Waals surface area contributed by atoms with Gasteiger partial charge in [0, 0.05) is 13.6 Å². The zero-order valence-electron chi connectivity index (χ0n) is 15.2. The molecule has 140 valence electrons. The second-order valence-corrected chi connectivity index (χ2v) is 8.24. The number of amides is 1. The molecular formula is C19H24N2O4S. The fourth-order valence-corrected chi connectivity index (χ4v) is 2.71. The minimum atomic E-state index is -3.22. The van der Waals surface area contributed by atoms with Gasteiger partial charge in [-0.15, -0.1) is 0 Å². The third-order valence-electron chi connectivity index (χ3n) is 3.94. The van der Waals surface area contributed by atoms with Crippen LogP contribution in [0.25, 0.3) is 0 Å². The minimum Gasteiger partial charge on any atom is -0.484 e. The molecule has 2 aromatic carbocycles. The predicted molar refractivity (Wildman–Crippen MR) is 101 cm³/mol. The van der Waals surface area contributed by atoms with Gasteiger partial charge in [-0.2, -0.15) is 0 Å². The summed E-state index contributed by atoms with van der Waals surface area (Å²) in [7, 11) is -1.69. The summed E-state index contributed by atoms with van der Waals surface area (Å²) in [5, 5.41) is 2.88. The fraction of sp³-hybridized carbons (Fsp3) is 0.316. The number of carbonyl (C=O) groups is 1. The molecule has 7 heteroatoms. The molecule has 0 aromatic heterocycles. The lowest BCUT2D eigenvalue weighted by Gasteiger charge is -2.15. The van der Waals surface area contributed by atoms with Crippen LogP contribution in [0.1, 0.15) is 24.1 Å². The molecule has 1 unspecified atom stereocenters. The first-order chi connectivity index (χ1) is 12.3. The van der Waals surface area contributed by atoms with Crippen LogP contribution in [0.3, 0.4) is 0 Å². The normalized spacial score (nSPS) is 12.6. The molecule has 1 amide bonds. The van der Waals surface area contributed by atoms with E-state index in [4.69, 9.17) is 4.74 Å². The Morgan fingerprint density at radius 1 is 1.12 bits per heavy atom. The van der Waals surface area contributed by atoms with Crippen molar-refractivity contribution in [1.29, 1.82) is 0 Å². The molecule has 0 aliphatic heterocycles. The van der Waals surface area contributed by atoms with Gasteiger partial charge in [-0.05, 0) is 30.2 Å². The van der Waals surface area contributed by atoms with Gasteiger partial charge in [-0.25, -0.2) is 12.7 Å². The Morgan fingerprint density at radius 3 is 2.31 bits per heavy atom. The van der Waals surface area contributed by atoms with Crippen LogP contribution in [0.2, 0.25) is 0 Å². The summed E-state index contributed by atoms with van der Waals surface area (Å²) in [6.07, 6.45) is 1.17. The predicted octanol–water partition coefficient (Wildman–Crippen LogP) is 2.33. The van der Waals surface area contributed by atoms with Crippen LogP contribution >= 0.6 is 0 Å². The number of hydrogen-bond acceptors (Lipinski definition) is 4. The van der Waals surface area contributed by atoms with Crippen LogP contribution < -0.4 is 10.1 Å². The van der Waals surface area contributed by atoms with Crippen LogP contribution in [0.5, 0.6) is 5.75 Å². The van der Waals surface area contributed by atoms with Gasteiger partial charge in [0.2, 0.25) is 10.0 Å². The summed E-state index contributed by atoms with van der Waals surface area (Å²) in [5.74, 6) is 0.348.